The van der Waals surface area contributed by atoms with Crippen LogP contribution >= 0.6 is 0 Å². The standard InChI is InChI=1S/C10H12F2O2/c1-6(13)3-8-9(11)4-7(14-2)5-10(8)12/h4-6,13H,3H2,1-2H3. The first-order valence-corrected chi connectivity index (χ1v) is 4.24. The van der Waals surface area contributed by atoms with Crippen molar-refractivity contribution in [3.63, 3.8) is 0 Å². The Morgan fingerprint density at radius 3 is 2.21 bits per heavy atom. The zero-order chi connectivity index (χ0) is 10.7. The van der Waals surface area contributed by atoms with E-state index in [-0.39, 0.29) is 17.7 Å². The Bertz CT molecular complexity index is 301. The fourth-order valence-electron chi connectivity index (χ4n) is 1.19. The molecule has 1 atom stereocenters. The SMILES string of the molecule is COc1cc(F)c(CC(C)O)c(F)c1. The number of hydrogen-bond donors (Lipinski definition) is 1. The van der Waals surface area contributed by atoms with E-state index in [9.17, 15) is 8.78 Å². The molecule has 0 saturated carbocycles. The number of aliphatic hydroxyl groups excluding tert-OH is 1. The predicted molar refractivity (Wildman–Crippen MR) is 48.3 cm³/mol. The molecule has 4 heteroatoms. The van der Waals surface area contributed by atoms with Gasteiger partial charge in [-0.05, 0) is 6.92 Å². The third kappa shape index (κ3) is 2.42. The molecule has 14 heavy (non-hydrogen) atoms. The van der Waals surface area contributed by atoms with Crippen molar-refractivity contribution in [2.75, 3.05) is 7.11 Å². The van der Waals surface area contributed by atoms with E-state index in [1.165, 1.54) is 14.0 Å². The molecule has 1 aromatic carbocycles. The highest BCUT2D eigenvalue weighted by atomic mass is 19.1. The van der Waals surface area contributed by atoms with Crippen LogP contribution < -0.4 is 4.74 Å². The van der Waals surface area contributed by atoms with Gasteiger partial charge in [-0.2, -0.15) is 0 Å². The number of rotatable bonds is 3. The Morgan fingerprint density at radius 1 is 1.36 bits per heavy atom. The molecule has 1 N–H and O–H groups in total. The molecule has 0 aliphatic heterocycles. The van der Waals surface area contributed by atoms with Crippen LogP contribution in [0.5, 0.6) is 5.75 Å². The summed E-state index contributed by atoms with van der Waals surface area (Å²) in [6.45, 7) is 1.48. The Balaban J connectivity index is 3.05. The van der Waals surface area contributed by atoms with Gasteiger partial charge in [0.15, 0.2) is 0 Å². The van der Waals surface area contributed by atoms with Gasteiger partial charge in [-0.1, -0.05) is 0 Å². The van der Waals surface area contributed by atoms with Crippen molar-refractivity contribution in [1.82, 2.24) is 0 Å². The maximum absolute atomic E-state index is 13.2. The molecule has 1 rings (SSSR count). The molecule has 0 radical (unpaired) electrons. The number of methoxy groups -OCH3 is 1. The van der Waals surface area contributed by atoms with E-state index in [2.05, 4.69) is 0 Å². The fraction of sp³-hybridized carbons (Fsp3) is 0.400. The van der Waals surface area contributed by atoms with Crippen molar-refractivity contribution >= 4 is 0 Å². The Hall–Kier alpha value is -1.16. The zero-order valence-corrected chi connectivity index (χ0v) is 8.05. The maximum atomic E-state index is 13.2. The van der Waals surface area contributed by atoms with Gasteiger partial charge in [-0.25, -0.2) is 8.78 Å². The van der Waals surface area contributed by atoms with E-state index in [4.69, 9.17) is 9.84 Å². The first kappa shape index (κ1) is 10.9. The summed E-state index contributed by atoms with van der Waals surface area (Å²) in [6.07, 6.45) is -0.811. The number of hydrogen-bond acceptors (Lipinski definition) is 2. The molecular weight excluding hydrogens is 190 g/mol. The number of benzene rings is 1. The smallest absolute Gasteiger partial charge is 0.133 e. The molecule has 2 nitrogen and oxygen atoms in total. The van der Waals surface area contributed by atoms with E-state index in [0.717, 1.165) is 12.1 Å². The summed E-state index contributed by atoms with van der Waals surface area (Å²) in [5.41, 5.74) is -0.110. The molecule has 0 aliphatic carbocycles. The molecule has 1 aromatic rings. The van der Waals surface area contributed by atoms with Crippen LogP contribution in [0.1, 0.15) is 12.5 Å². The van der Waals surface area contributed by atoms with Gasteiger partial charge in [0.1, 0.15) is 17.4 Å². The molecule has 0 bridgehead atoms. The highest BCUT2D eigenvalue weighted by Crippen LogP contribution is 2.21. The summed E-state index contributed by atoms with van der Waals surface area (Å²) < 4.78 is 31.1. The summed E-state index contributed by atoms with van der Waals surface area (Å²) in [5, 5.41) is 9.02. The van der Waals surface area contributed by atoms with Gasteiger partial charge in [0.05, 0.1) is 13.2 Å². The predicted octanol–water partition coefficient (Wildman–Crippen LogP) is 1.90. The van der Waals surface area contributed by atoms with E-state index < -0.39 is 17.7 Å². The van der Waals surface area contributed by atoms with Crippen LogP contribution in [0.3, 0.4) is 0 Å². The largest absolute Gasteiger partial charge is 0.497 e. The normalized spacial score (nSPS) is 12.6. The van der Waals surface area contributed by atoms with Crippen molar-refractivity contribution in [1.29, 1.82) is 0 Å². The average molecular weight is 202 g/mol. The molecule has 0 amide bonds. The minimum absolute atomic E-state index is 0.0400. The number of halogens is 2. The molecule has 0 aromatic heterocycles. The van der Waals surface area contributed by atoms with Crippen molar-refractivity contribution in [3.05, 3.63) is 29.3 Å². The second-order valence-corrected chi connectivity index (χ2v) is 3.12. The molecule has 0 aliphatic rings. The van der Waals surface area contributed by atoms with Crippen molar-refractivity contribution in [2.24, 2.45) is 0 Å². The van der Waals surface area contributed by atoms with Gasteiger partial charge in [0.25, 0.3) is 0 Å². The third-order valence-corrected chi connectivity index (χ3v) is 1.85. The van der Waals surface area contributed by atoms with E-state index >= 15 is 0 Å². The first-order valence-electron chi connectivity index (χ1n) is 4.24. The second kappa shape index (κ2) is 4.37. The van der Waals surface area contributed by atoms with E-state index in [1.54, 1.807) is 0 Å². The summed E-state index contributed by atoms with van der Waals surface area (Å²) >= 11 is 0. The van der Waals surface area contributed by atoms with Crippen LogP contribution in [0.4, 0.5) is 8.78 Å². The monoisotopic (exact) mass is 202 g/mol. The van der Waals surface area contributed by atoms with Gasteiger partial charge in [0.2, 0.25) is 0 Å². The van der Waals surface area contributed by atoms with Gasteiger partial charge >= 0.3 is 0 Å². The van der Waals surface area contributed by atoms with Crippen LogP contribution in [-0.2, 0) is 6.42 Å². The lowest BCUT2D eigenvalue weighted by Gasteiger charge is -2.08. The molecule has 1 unspecified atom stereocenters. The molecule has 0 heterocycles. The second-order valence-electron chi connectivity index (χ2n) is 3.12. The van der Waals surface area contributed by atoms with Gasteiger partial charge in [0, 0.05) is 24.1 Å². The molecule has 0 fully saturated rings. The highest BCUT2D eigenvalue weighted by molar-refractivity contribution is 5.30. The van der Waals surface area contributed by atoms with Crippen LogP contribution in [0, 0.1) is 11.6 Å². The van der Waals surface area contributed by atoms with Crippen LogP contribution in [0.2, 0.25) is 0 Å². The van der Waals surface area contributed by atoms with E-state index in [0.29, 0.717) is 0 Å². The van der Waals surface area contributed by atoms with Crippen molar-refractivity contribution in [2.45, 2.75) is 19.4 Å². The summed E-state index contributed by atoms with van der Waals surface area (Å²) in [6, 6.07) is 2.20. The lowest BCUT2D eigenvalue weighted by atomic mass is 10.1. The number of ether oxygens (including phenoxy) is 1. The molecule has 78 valence electrons. The summed E-state index contributed by atoms with van der Waals surface area (Å²) in [5.74, 6) is -1.25. The Labute approximate surface area is 81.1 Å². The van der Waals surface area contributed by atoms with Crippen LogP contribution in [-0.4, -0.2) is 18.3 Å². The topological polar surface area (TPSA) is 29.5 Å². The minimum atomic E-state index is -0.771. The number of aliphatic hydroxyl groups is 1. The highest BCUT2D eigenvalue weighted by Gasteiger charge is 2.13. The maximum Gasteiger partial charge on any atom is 0.133 e. The van der Waals surface area contributed by atoms with Gasteiger partial charge < -0.3 is 9.84 Å². The van der Waals surface area contributed by atoms with Gasteiger partial charge in [-0.3, -0.25) is 0 Å². The van der Waals surface area contributed by atoms with Crippen molar-refractivity contribution in [3.8, 4) is 5.75 Å². The van der Waals surface area contributed by atoms with Crippen LogP contribution in [0.25, 0.3) is 0 Å². The van der Waals surface area contributed by atoms with Crippen LogP contribution in [0.15, 0.2) is 12.1 Å². The first-order chi connectivity index (χ1) is 6.54. The molecule has 0 saturated heterocycles. The Morgan fingerprint density at radius 2 is 1.86 bits per heavy atom. The average Bonchev–Trinajstić information content (AvgIpc) is 2.10. The van der Waals surface area contributed by atoms with Crippen molar-refractivity contribution < 1.29 is 18.6 Å². The zero-order valence-electron chi connectivity index (χ0n) is 8.05. The molecular formula is C10H12F2O2. The quantitative estimate of drug-likeness (QED) is 0.811. The lowest BCUT2D eigenvalue weighted by Crippen LogP contribution is -2.08. The summed E-state index contributed by atoms with van der Waals surface area (Å²) in [7, 11) is 1.34. The third-order valence-electron chi connectivity index (χ3n) is 1.85. The van der Waals surface area contributed by atoms with E-state index in [1.807, 2.05) is 0 Å². The lowest BCUT2D eigenvalue weighted by molar-refractivity contribution is 0.192. The van der Waals surface area contributed by atoms with Gasteiger partial charge in [-0.15, -0.1) is 0 Å². The summed E-state index contributed by atoms with van der Waals surface area (Å²) in [4.78, 5) is 0. The molecule has 0 spiro atoms. The fourth-order valence-corrected chi connectivity index (χ4v) is 1.19. The minimum Gasteiger partial charge on any atom is -0.497 e. The Kier molecular flexibility index (Phi) is 3.41.